The first-order chi connectivity index (χ1) is 6.20. The number of aromatic hydroxyl groups is 2. The van der Waals surface area contributed by atoms with Gasteiger partial charge in [-0.2, -0.15) is 0 Å². The van der Waals surface area contributed by atoms with E-state index < -0.39 is 5.82 Å². The van der Waals surface area contributed by atoms with E-state index >= 15 is 0 Å². The molecule has 1 aliphatic carbocycles. The van der Waals surface area contributed by atoms with Gasteiger partial charge in [-0.15, -0.1) is 0 Å². The highest BCUT2D eigenvalue weighted by atomic mass is 19.1. The SMILES string of the molecule is Oc1cc(F)c(O)c2c1CC=CC2. The van der Waals surface area contributed by atoms with Gasteiger partial charge < -0.3 is 10.2 Å². The van der Waals surface area contributed by atoms with Gasteiger partial charge in [0.25, 0.3) is 0 Å². The fourth-order valence-corrected chi connectivity index (χ4v) is 1.57. The monoisotopic (exact) mass is 180 g/mol. The van der Waals surface area contributed by atoms with E-state index in [0.717, 1.165) is 6.07 Å². The summed E-state index contributed by atoms with van der Waals surface area (Å²) in [5.41, 5.74) is 1.13. The van der Waals surface area contributed by atoms with Crippen molar-refractivity contribution in [1.29, 1.82) is 0 Å². The molecule has 0 heterocycles. The lowest BCUT2D eigenvalue weighted by Gasteiger charge is -2.14. The van der Waals surface area contributed by atoms with Crippen LogP contribution in [-0.2, 0) is 12.8 Å². The number of allylic oxidation sites excluding steroid dienone is 2. The lowest BCUT2D eigenvalue weighted by molar-refractivity contribution is 0.412. The molecule has 0 saturated carbocycles. The number of phenols is 2. The molecule has 2 N–H and O–H groups in total. The molecule has 0 spiro atoms. The molecule has 0 radical (unpaired) electrons. The Balaban J connectivity index is 2.66. The normalized spacial score (nSPS) is 14.2. The third-order valence-electron chi connectivity index (χ3n) is 2.26. The molecule has 0 unspecified atom stereocenters. The Bertz CT molecular complexity index is 383. The van der Waals surface area contributed by atoms with E-state index in [-0.39, 0.29) is 11.5 Å². The Morgan fingerprint density at radius 2 is 1.69 bits per heavy atom. The van der Waals surface area contributed by atoms with Crippen LogP contribution in [0.5, 0.6) is 11.5 Å². The second kappa shape index (κ2) is 2.76. The van der Waals surface area contributed by atoms with Crippen molar-refractivity contribution in [3.8, 4) is 11.5 Å². The number of benzene rings is 1. The van der Waals surface area contributed by atoms with E-state index in [9.17, 15) is 14.6 Å². The first-order valence-electron chi connectivity index (χ1n) is 4.07. The highest BCUT2D eigenvalue weighted by Gasteiger charge is 2.17. The summed E-state index contributed by atoms with van der Waals surface area (Å²) in [6, 6.07) is 0.952. The van der Waals surface area contributed by atoms with Crippen LogP contribution in [0.2, 0.25) is 0 Å². The minimum atomic E-state index is -0.758. The van der Waals surface area contributed by atoms with Gasteiger partial charge in [0.05, 0.1) is 0 Å². The average molecular weight is 180 g/mol. The quantitative estimate of drug-likeness (QED) is 0.472. The first-order valence-corrected chi connectivity index (χ1v) is 4.07. The highest BCUT2D eigenvalue weighted by molar-refractivity contribution is 5.51. The van der Waals surface area contributed by atoms with Crippen molar-refractivity contribution >= 4 is 0 Å². The molecule has 2 nitrogen and oxygen atoms in total. The zero-order valence-electron chi connectivity index (χ0n) is 6.92. The molecule has 0 aromatic heterocycles. The summed E-state index contributed by atoms with van der Waals surface area (Å²) >= 11 is 0. The zero-order chi connectivity index (χ0) is 9.42. The number of hydrogen-bond donors (Lipinski definition) is 2. The van der Waals surface area contributed by atoms with Crippen LogP contribution in [0, 0.1) is 5.82 Å². The largest absolute Gasteiger partial charge is 0.508 e. The Morgan fingerprint density at radius 1 is 1.08 bits per heavy atom. The Labute approximate surface area is 74.9 Å². The van der Waals surface area contributed by atoms with Crippen molar-refractivity contribution in [3.63, 3.8) is 0 Å². The van der Waals surface area contributed by atoms with Gasteiger partial charge >= 0.3 is 0 Å². The van der Waals surface area contributed by atoms with Crippen LogP contribution in [-0.4, -0.2) is 10.2 Å². The summed E-state index contributed by atoms with van der Waals surface area (Å²) in [4.78, 5) is 0. The molecule has 13 heavy (non-hydrogen) atoms. The van der Waals surface area contributed by atoms with Crippen molar-refractivity contribution < 1.29 is 14.6 Å². The number of fused-ring (bicyclic) bond motifs is 1. The standard InChI is InChI=1S/C10H9FO2/c11-8-5-9(12)6-3-1-2-4-7(6)10(8)13/h1-2,5,12-13H,3-4H2. The number of hydrogen-bond acceptors (Lipinski definition) is 2. The van der Waals surface area contributed by atoms with Crippen LogP contribution >= 0.6 is 0 Å². The fourth-order valence-electron chi connectivity index (χ4n) is 1.57. The minimum absolute atomic E-state index is 0.0744. The number of phenolic OH excluding ortho intramolecular Hbond substituents is 2. The van der Waals surface area contributed by atoms with Gasteiger partial charge in [-0.25, -0.2) is 4.39 Å². The predicted octanol–water partition coefficient (Wildman–Crippen LogP) is 1.89. The molecule has 68 valence electrons. The number of halogens is 1. The van der Waals surface area contributed by atoms with Gasteiger partial charge in [0.2, 0.25) is 0 Å². The van der Waals surface area contributed by atoms with Crippen LogP contribution in [0.3, 0.4) is 0 Å². The van der Waals surface area contributed by atoms with Crippen LogP contribution in [0.25, 0.3) is 0 Å². The molecule has 0 amide bonds. The van der Waals surface area contributed by atoms with Crippen LogP contribution in [0.15, 0.2) is 18.2 Å². The minimum Gasteiger partial charge on any atom is -0.508 e. The molecule has 1 aromatic carbocycles. The van der Waals surface area contributed by atoms with Gasteiger partial charge in [0.1, 0.15) is 5.75 Å². The van der Waals surface area contributed by atoms with Gasteiger partial charge in [0, 0.05) is 17.2 Å². The van der Waals surface area contributed by atoms with Gasteiger partial charge in [-0.05, 0) is 12.8 Å². The molecule has 0 fully saturated rings. The van der Waals surface area contributed by atoms with Crippen molar-refractivity contribution in [2.24, 2.45) is 0 Å². The van der Waals surface area contributed by atoms with E-state index in [2.05, 4.69) is 0 Å². The van der Waals surface area contributed by atoms with Gasteiger partial charge in [-0.3, -0.25) is 0 Å². The molecule has 0 atom stereocenters. The second-order valence-corrected chi connectivity index (χ2v) is 3.06. The third kappa shape index (κ3) is 1.16. The van der Waals surface area contributed by atoms with Crippen LogP contribution in [0.4, 0.5) is 4.39 Å². The van der Waals surface area contributed by atoms with Crippen LogP contribution < -0.4 is 0 Å². The Kier molecular flexibility index (Phi) is 1.72. The van der Waals surface area contributed by atoms with E-state index in [0.29, 0.717) is 24.0 Å². The molecule has 0 aliphatic heterocycles. The topological polar surface area (TPSA) is 40.5 Å². The molecule has 1 aromatic rings. The molecule has 0 saturated heterocycles. The predicted molar refractivity (Wildman–Crippen MR) is 46.3 cm³/mol. The number of rotatable bonds is 0. The lowest BCUT2D eigenvalue weighted by atomic mass is 9.95. The molecule has 0 bridgehead atoms. The van der Waals surface area contributed by atoms with E-state index in [1.165, 1.54) is 0 Å². The van der Waals surface area contributed by atoms with Crippen LogP contribution in [0.1, 0.15) is 11.1 Å². The summed E-state index contributed by atoms with van der Waals surface area (Å²) in [7, 11) is 0. The van der Waals surface area contributed by atoms with Crippen molar-refractivity contribution in [3.05, 3.63) is 35.2 Å². The van der Waals surface area contributed by atoms with E-state index in [1.54, 1.807) is 0 Å². The van der Waals surface area contributed by atoms with E-state index in [4.69, 9.17) is 0 Å². The zero-order valence-corrected chi connectivity index (χ0v) is 6.92. The summed E-state index contributed by atoms with van der Waals surface area (Å²) < 4.78 is 12.9. The maximum absolute atomic E-state index is 12.9. The average Bonchev–Trinajstić information content (AvgIpc) is 2.15. The summed E-state index contributed by atoms with van der Waals surface area (Å²) in [5, 5.41) is 18.7. The van der Waals surface area contributed by atoms with Crippen molar-refractivity contribution in [2.45, 2.75) is 12.8 Å². The fraction of sp³-hybridized carbons (Fsp3) is 0.200. The lowest BCUT2D eigenvalue weighted by Crippen LogP contribution is -1.99. The van der Waals surface area contributed by atoms with Gasteiger partial charge in [-0.1, -0.05) is 12.2 Å². The van der Waals surface area contributed by atoms with Crippen molar-refractivity contribution in [2.75, 3.05) is 0 Å². The smallest absolute Gasteiger partial charge is 0.168 e. The summed E-state index contributed by atoms with van der Waals surface area (Å²) in [6.45, 7) is 0. The molecular weight excluding hydrogens is 171 g/mol. The second-order valence-electron chi connectivity index (χ2n) is 3.06. The van der Waals surface area contributed by atoms with Gasteiger partial charge in [0.15, 0.2) is 11.6 Å². The van der Waals surface area contributed by atoms with Crippen molar-refractivity contribution in [1.82, 2.24) is 0 Å². The molecular formula is C10H9FO2. The van der Waals surface area contributed by atoms with E-state index in [1.807, 2.05) is 12.2 Å². The maximum Gasteiger partial charge on any atom is 0.168 e. The summed E-state index contributed by atoms with van der Waals surface area (Å²) in [5.74, 6) is -1.17. The Morgan fingerprint density at radius 3 is 2.38 bits per heavy atom. The Hall–Kier alpha value is -1.51. The summed E-state index contributed by atoms with van der Waals surface area (Å²) in [6.07, 6.45) is 4.77. The molecule has 1 aliphatic rings. The molecule has 3 heteroatoms. The maximum atomic E-state index is 12.9. The third-order valence-corrected chi connectivity index (χ3v) is 2.26. The first kappa shape index (κ1) is 8.10. The highest BCUT2D eigenvalue weighted by Crippen LogP contribution is 2.34. The molecule has 2 rings (SSSR count).